The van der Waals surface area contributed by atoms with Gasteiger partial charge in [0.25, 0.3) is 0 Å². The summed E-state index contributed by atoms with van der Waals surface area (Å²) in [5.41, 5.74) is 7.72. The number of benzene rings is 2. The van der Waals surface area contributed by atoms with Crippen molar-refractivity contribution < 1.29 is 9.90 Å². The second-order valence-electron chi connectivity index (χ2n) is 10.1. The number of fused-ring (bicyclic) bond motifs is 1. The highest BCUT2D eigenvalue weighted by atomic mass is 35.5. The number of anilines is 2. The highest BCUT2D eigenvalue weighted by Gasteiger charge is 2.20. The van der Waals surface area contributed by atoms with E-state index < -0.39 is 0 Å². The van der Waals surface area contributed by atoms with Crippen LogP contribution in [0.2, 0.25) is 5.02 Å². The molecular weight excluding hydrogens is 522 g/mol. The minimum atomic E-state index is -0.241. The number of rotatable bonds is 7. The molecule has 40 heavy (non-hydrogen) atoms. The smallest absolute Gasteiger partial charge is 0.156 e. The predicted molar refractivity (Wildman–Crippen MR) is 159 cm³/mol. The molecule has 0 unspecified atom stereocenters. The number of carbonyl (C=O) groups is 1. The van der Waals surface area contributed by atoms with E-state index in [4.69, 9.17) is 16.6 Å². The first-order valence-electron chi connectivity index (χ1n) is 13.2. The van der Waals surface area contributed by atoms with Gasteiger partial charge in [0.1, 0.15) is 11.8 Å². The van der Waals surface area contributed by atoms with Crippen LogP contribution in [-0.2, 0) is 6.54 Å². The third-order valence-corrected chi connectivity index (χ3v) is 7.78. The molecule has 2 N–H and O–H groups in total. The molecular formula is C32H28ClN5O2. The summed E-state index contributed by atoms with van der Waals surface area (Å²) in [6.07, 6.45) is 6.82. The minimum absolute atomic E-state index is 0.241. The lowest BCUT2D eigenvalue weighted by Crippen LogP contribution is -2.21. The maximum atomic E-state index is 11.1. The van der Waals surface area contributed by atoms with E-state index in [0.717, 1.165) is 70.2 Å². The number of hydrogen-bond acceptors (Lipinski definition) is 7. The van der Waals surface area contributed by atoms with Crippen LogP contribution in [0.25, 0.3) is 33.3 Å². The maximum absolute atomic E-state index is 11.1. The molecule has 0 amide bonds. The Morgan fingerprint density at radius 3 is 2.65 bits per heavy atom. The molecule has 3 aromatic heterocycles. The Kier molecular flexibility index (Phi) is 7.26. The summed E-state index contributed by atoms with van der Waals surface area (Å²) in [4.78, 5) is 27.3. The van der Waals surface area contributed by atoms with Crippen molar-refractivity contribution in [3.05, 3.63) is 101 Å². The molecule has 0 bridgehead atoms. The third-order valence-electron chi connectivity index (χ3n) is 7.40. The lowest BCUT2D eigenvalue weighted by Gasteiger charge is -2.17. The molecule has 200 valence electrons. The van der Waals surface area contributed by atoms with Gasteiger partial charge in [0.2, 0.25) is 0 Å². The molecule has 1 atom stereocenters. The molecule has 1 aliphatic heterocycles. The summed E-state index contributed by atoms with van der Waals surface area (Å²) in [6, 6.07) is 19.3. The van der Waals surface area contributed by atoms with E-state index in [2.05, 4.69) is 26.3 Å². The maximum Gasteiger partial charge on any atom is 0.156 e. The molecule has 2 aromatic carbocycles. The summed E-state index contributed by atoms with van der Waals surface area (Å²) in [7, 11) is 0. The third kappa shape index (κ3) is 5.19. The standard InChI is InChI=1S/C32H28ClN5O2/c1-20-26(31-29(33)27(10-13-34-31)23-7-5-21(19-39)6-8-23)3-2-4-28(20)37-32-30-24(9-12-35-32)15-22(16-36-30)17-38-14-11-25(40)18-38/h2-10,12-13,15-16,19,25,40H,11,14,17-18H2,1H3,(H,35,37)/t25-/m1/s1. The van der Waals surface area contributed by atoms with Crippen molar-refractivity contribution in [2.24, 2.45) is 0 Å². The van der Waals surface area contributed by atoms with E-state index in [0.29, 0.717) is 28.6 Å². The van der Waals surface area contributed by atoms with Crippen molar-refractivity contribution in [2.75, 3.05) is 18.4 Å². The Morgan fingerprint density at radius 2 is 1.88 bits per heavy atom. The van der Waals surface area contributed by atoms with Crippen LogP contribution in [-0.4, -0.2) is 50.4 Å². The van der Waals surface area contributed by atoms with Crippen LogP contribution >= 0.6 is 11.6 Å². The number of aromatic nitrogens is 3. The zero-order valence-electron chi connectivity index (χ0n) is 22.0. The van der Waals surface area contributed by atoms with Crippen LogP contribution in [0.3, 0.4) is 0 Å². The van der Waals surface area contributed by atoms with Gasteiger partial charge >= 0.3 is 0 Å². The van der Waals surface area contributed by atoms with E-state index in [-0.39, 0.29) is 6.10 Å². The number of aliphatic hydroxyl groups is 1. The fraction of sp³-hybridized carbons (Fsp3) is 0.188. The Hall–Kier alpha value is -4.17. The quantitative estimate of drug-likeness (QED) is 0.226. The molecule has 7 nitrogen and oxygen atoms in total. The molecule has 0 aliphatic carbocycles. The van der Waals surface area contributed by atoms with Gasteiger partial charge in [0.05, 0.1) is 16.8 Å². The van der Waals surface area contributed by atoms with Crippen molar-refractivity contribution in [2.45, 2.75) is 26.0 Å². The predicted octanol–water partition coefficient (Wildman–Crippen LogP) is 6.44. The zero-order chi connectivity index (χ0) is 27.6. The van der Waals surface area contributed by atoms with E-state index in [1.54, 1.807) is 24.5 Å². The van der Waals surface area contributed by atoms with Crippen molar-refractivity contribution in [3.63, 3.8) is 0 Å². The molecule has 1 saturated heterocycles. The van der Waals surface area contributed by atoms with Crippen LogP contribution in [0.1, 0.15) is 27.9 Å². The Bertz CT molecular complexity index is 1710. The molecule has 1 fully saturated rings. The molecule has 8 heteroatoms. The molecule has 0 spiro atoms. The summed E-state index contributed by atoms with van der Waals surface area (Å²) in [5, 5.41) is 14.9. The summed E-state index contributed by atoms with van der Waals surface area (Å²) >= 11 is 6.91. The number of likely N-dealkylation sites (tertiary alicyclic amines) is 1. The van der Waals surface area contributed by atoms with Crippen LogP contribution in [0, 0.1) is 6.92 Å². The fourth-order valence-electron chi connectivity index (χ4n) is 5.25. The molecule has 4 heterocycles. The average molecular weight is 550 g/mol. The van der Waals surface area contributed by atoms with Gasteiger partial charge in [-0.3, -0.25) is 19.7 Å². The summed E-state index contributed by atoms with van der Waals surface area (Å²) < 4.78 is 0. The normalized spacial score (nSPS) is 15.4. The van der Waals surface area contributed by atoms with Crippen LogP contribution in [0.4, 0.5) is 11.5 Å². The molecule has 0 radical (unpaired) electrons. The van der Waals surface area contributed by atoms with E-state index in [1.165, 1.54) is 0 Å². The van der Waals surface area contributed by atoms with Crippen LogP contribution < -0.4 is 5.32 Å². The highest BCUT2D eigenvalue weighted by molar-refractivity contribution is 6.35. The lowest BCUT2D eigenvalue weighted by molar-refractivity contribution is 0.112. The van der Waals surface area contributed by atoms with Crippen LogP contribution in [0.5, 0.6) is 0 Å². The van der Waals surface area contributed by atoms with Gasteiger partial charge in [0, 0.05) is 66.0 Å². The number of nitrogens with one attached hydrogen (secondary N) is 1. The Balaban J connectivity index is 1.30. The number of carbonyl (C=O) groups excluding carboxylic acids is 1. The Morgan fingerprint density at radius 1 is 1.05 bits per heavy atom. The topological polar surface area (TPSA) is 91.2 Å². The van der Waals surface area contributed by atoms with Gasteiger partial charge in [0.15, 0.2) is 5.82 Å². The lowest BCUT2D eigenvalue weighted by atomic mass is 9.99. The number of β-amino-alcohol motifs (C(OH)–C–C–N with tert-alkyl or cyclic N) is 1. The zero-order valence-corrected chi connectivity index (χ0v) is 22.8. The molecule has 6 rings (SSSR count). The van der Waals surface area contributed by atoms with Crippen molar-refractivity contribution in [3.8, 4) is 22.4 Å². The fourth-order valence-corrected chi connectivity index (χ4v) is 5.57. The first kappa shape index (κ1) is 26.1. The summed E-state index contributed by atoms with van der Waals surface area (Å²) in [5.74, 6) is 0.670. The molecule has 1 aliphatic rings. The van der Waals surface area contributed by atoms with Gasteiger partial charge in [-0.25, -0.2) is 4.98 Å². The number of aliphatic hydroxyl groups excluding tert-OH is 1. The van der Waals surface area contributed by atoms with Gasteiger partial charge in [-0.2, -0.15) is 0 Å². The van der Waals surface area contributed by atoms with Crippen LogP contribution in [0.15, 0.2) is 79.3 Å². The van der Waals surface area contributed by atoms with Gasteiger partial charge in [-0.15, -0.1) is 0 Å². The van der Waals surface area contributed by atoms with Gasteiger partial charge in [-0.1, -0.05) is 48.0 Å². The highest BCUT2D eigenvalue weighted by Crippen LogP contribution is 2.38. The Labute approximate surface area is 237 Å². The van der Waals surface area contributed by atoms with Gasteiger partial charge < -0.3 is 10.4 Å². The van der Waals surface area contributed by atoms with E-state index in [1.807, 2.05) is 55.6 Å². The second kappa shape index (κ2) is 11.1. The second-order valence-corrected chi connectivity index (χ2v) is 10.5. The SMILES string of the molecule is Cc1c(Nc2nccc3cc(CN4CC[C@@H](O)C4)cnc23)cccc1-c1nccc(-c2ccc(C=O)cc2)c1Cl. The minimum Gasteiger partial charge on any atom is -0.392 e. The number of halogens is 1. The monoisotopic (exact) mass is 549 g/mol. The average Bonchev–Trinajstić information content (AvgIpc) is 3.38. The first-order valence-corrected chi connectivity index (χ1v) is 13.6. The van der Waals surface area contributed by atoms with E-state index in [9.17, 15) is 9.90 Å². The largest absolute Gasteiger partial charge is 0.392 e. The number of aldehydes is 1. The van der Waals surface area contributed by atoms with Crippen molar-refractivity contribution in [1.82, 2.24) is 19.9 Å². The first-order chi connectivity index (χ1) is 19.5. The number of pyridine rings is 3. The molecule has 0 saturated carbocycles. The summed E-state index contributed by atoms with van der Waals surface area (Å²) in [6.45, 7) is 4.39. The van der Waals surface area contributed by atoms with Crippen molar-refractivity contribution in [1.29, 1.82) is 0 Å². The van der Waals surface area contributed by atoms with Crippen molar-refractivity contribution >= 4 is 40.3 Å². The van der Waals surface area contributed by atoms with Gasteiger partial charge in [-0.05, 0) is 54.3 Å². The molecule has 5 aromatic rings. The van der Waals surface area contributed by atoms with E-state index >= 15 is 0 Å². The number of nitrogens with zero attached hydrogens (tertiary/aromatic N) is 4. The number of hydrogen-bond donors (Lipinski definition) is 2.